The van der Waals surface area contributed by atoms with Crippen LogP contribution in [0.4, 0.5) is 0 Å². The molecule has 5 N–H and O–H groups in total. The molecule has 304 valence electrons. The first-order valence-corrected chi connectivity index (χ1v) is 22.3. The molecule has 10 atom stereocenters. The van der Waals surface area contributed by atoms with Crippen LogP contribution in [0.5, 0.6) is 11.5 Å². The highest BCUT2D eigenvalue weighted by atomic mass is 16.5. The summed E-state index contributed by atoms with van der Waals surface area (Å²) in [7, 11) is 3.35. The van der Waals surface area contributed by atoms with Gasteiger partial charge < -0.3 is 35.8 Å². The van der Waals surface area contributed by atoms with Gasteiger partial charge in [-0.2, -0.15) is 0 Å². The Morgan fingerprint density at radius 3 is 2.09 bits per heavy atom. The lowest BCUT2D eigenvalue weighted by Gasteiger charge is -2.62. The molecule has 1 aromatic carbocycles. The van der Waals surface area contributed by atoms with Gasteiger partial charge in [0, 0.05) is 12.6 Å². The first-order valence-electron chi connectivity index (χ1n) is 22.3. The van der Waals surface area contributed by atoms with Gasteiger partial charge in [0.1, 0.15) is 0 Å². The van der Waals surface area contributed by atoms with E-state index in [9.17, 15) is 5.11 Å². The predicted molar refractivity (Wildman–Crippen MR) is 222 cm³/mol. The van der Waals surface area contributed by atoms with E-state index in [1.165, 1.54) is 89.0 Å². The maximum Gasteiger partial charge on any atom is 0.161 e. The summed E-state index contributed by atoms with van der Waals surface area (Å²) in [5.41, 5.74) is 2.07. The molecule has 0 bridgehead atoms. The predicted octanol–water partition coefficient (Wildman–Crippen LogP) is 8.58. The molecule has 0 aliphatic heterocycles. The molecule has 4 fully saturated rings. The summed E-state index contributed by atoms with van der Waals surface area (Å²) in [5, 5.41) is 26.6. The van der Waals surface area contributed by atoms with Gasteiger partial charge >= 0.3 is 0 Å². The molecular formula is C46H82N4O3. The van der Waals surface area contributed by atoms with Gasteiger partial charge in [-0.3, -0.25) is 0 Å². The van der Waals surface area contributed by atoms with E-state index in [0.29, 0.717) is 28.7 Å². The zero-order valence-corrected chi connectivity index (χ0v) is 35.2. The van der Waals surface area contributed by atoms with Crippen LogP contribution in [0.25, 0.3) is 0 Å². The highest BCUT2D eigenvalue weighted by molar-refractivity contribution is 5.42. The van der Waals surface area contributed by atoms with Crippen LogP contribution >= 0.6 is 0 Å². The summed E-state index contributed by atoms with van der Waals surface area (Å²) in [5.74, 6) is 6.74. The van der Waals surface area contributed by atoms with Gasteiger partial charge in [-0.15, -0.1) is 0 Å². The third-order valence-corrected chi connectivity index (χ3v) is 15.3. The first kappa shape index (κ1) is 42.8. The minimum Gasteiger partial charge on any atom is -0.493 e. The molecule has 7 nitrogen and oxygen atoms in total. The number of hydrogen-bond donors (Lipinski definition) is 5. The molecule has 5 rings (SSSR count). The van der Waals surface area contributed by atoms with Crippen LogP contribution in [0.3, 0.4) is 0 Å². The topological polar surface area (TPSA) is 86.8 Å². The van der Waals surface area contributed by atoms with Gasteiger partial charge in [0.2, 0.25) is 0 Å². The third kappa shape index (κ3) is 10.9. The van der Waals surface area contributed by atoms with Gasteiger partial charge in [-0.1, -0.05) is 59.9 Å². The quantitative estimate of drug-likeness (QED) is 0.0720. The van der Waals surface area contributed by atoms with E-state index in [2.05, 4.69) is 62.0 Å². The molecule has 0 heterocycles. The van der Waals surface area contributed by atoms with Crippen molar-refractivity contribution < 1.29 is 14.6 Å². The Hall–Kier alpha value is -1.38. The minimum atomic E-state index is -0.0888. The average Bonchev–Trinajstić information content (AvgIpc) is 3.50. The van der Waals surface area contributed by atoms with Crippen LogP contribution in [0.15, 0.2) is 18.2 Å². The molecule has 0 aromatic heterocycles. The standard InChI is InChI=1S/C46H82N4O3/c1-33(2)13-10-14-34(3)38-16-17-39-44-40(20-22-46(38,39)5)45(4)21-19-37(30-36(45)31-41(44)51)50-28-12-26-48-24-9-8-23-47-25-11-27-49-32-35-15-18-42(52-6)43(29-35)53-7/h15,18,29,33-34,36-41,44,47-51H,8-14,16-17,19-28,30-32H2,1-7H3/t34-,36+,37+,38-,39?,40?,41+,44?,45+,46-/m1/s1. The second kappa shape index (κ2) is 20.7. The lowest BCUT2D eigenvalue weighted by Crippen LogP contribution is -2.59. The number of unbranched alkanes of at least 4 members (excludes halogenated alkanes) is 1. The Morgan fingerprint density at radius 1 is 0.717 bits per heavy atom. The van der Waals surface area contributed by atoms with Gasteiger partial charge in [0.05, 0.1) is 20.3 Å². The number of rotatable bonds is 23. The summed E-state index contributed by atoms with van der Waals surface area (Å²) in [6, 6.07) is 6.72. The van der Waals surface area contributed by atoms with Crippen molar-refractivity contribution in [3.05, 3.63) is 23.8 Å². The highest BCUT2D eigenvalue weighted by Gasteiger charge is 2.62. The normalized spacial score (nSPS) is 33.0. The molecule has 53 heavy (non-hydrogen) atoms. The van der Waals surface area contributed by atoms with Crippen molar-refractivity contribution in [1.29, 1.82) is 0 Å². The molecule has 0 amide bonds. The van der Waals surface area contributed by atoms with Crippen molar-refractivity contribution in [3.63, 3.8) is 0 Å². The number of aliphatic hydroxyl groups is 1. The lowest BCUT2D eigenvalue weighted by atomic mass is 9.43. The number of nitrogens with one attached hydrogen (secondary N) is 4. The number of aliphatic hydroxyl groups excluding tert-OH is 1. The van der Waals surface area contributed by atoms with Crippen LogP contribution in [0, 0.1) is 52.3 Å². The summed E-state index contributed by atoms with van der Waals surface area (Å²) in [6.07, 6.45) is 19.3. The van der Waals surface area contributed by atoms with Crippen LogP contribution in [0.1, 0.15) is 136 Å². The van der Waals surface area contributed by atoms with E-state index < -0.39 is 0 Å². The third-order valence-electron chi connectivity index (χ3n) is 15.3. The second-order valence-corrected chi connectivity index (χ2v) is 19.0. The van der Waals surface area contributed by atoms with Crippen LogP contribution in [-0.4, -0.2) is 70.7 Å². The van der Waals surface area contributed by atoms with E-state index in [-0.39, 0.29) is 6.10 Å². The molecule has 3 unspecified atom stereocenters. The van der Waals surface area contributed by atoms with Crippen molar-refractivity contribution in [1.82, 2.24) is 21.3 Å². The van der Waals surface area contributed by atoms with Crippen molar-refractivity contribution in [3.8, 4) is 11.5 Å². The molecule has 1 aromatic rings. The first-order chi connectivity index (χ1) is 25.6. The Kier molecular flexibility index (Phi) is 16.7. The number of benzene rings is 1. The van der Waals surface area contributed by atoms with E-state index >= 15 is 0 Å². The SMILES string of the molecule is COc1ccc(CNCCCNCCCCNCCCN[C@H]2CC[C@]3(C)C4CC[C@@]5(C)C(CC[C@@H]5[C@H](C)CCCC(C)C)C4[C@@H](O)C[C@@H]3C2)cc1OC. The van der Waals surface area contributed by atoms with Gasteiger partial charge in [-0.25, -0.2) is 0 Å². The van der Waals surface area contributed by atoms with Crippen LogP contribution in [-0.2, 0) is 6.54 Å². The number of ether oxygens (including phenoxy) is 2. The monoisotopic (exact) mass is 739 g/mol. The second-order valence-electron chi connectivity index (χ2n) is 19.0. The fraction of sp³-hybridized carbons (Fsp3) is 0.870. The fourth-order valence-electron chi connectivity index (χ4n) is 12.3. The molecule has 4 saturated carbocycles. The zero-order chi connectivity index (χ0) is 37.8. The molecule has 0 radical (unpaired) electrons. The highest BCUT2D eigenvalue weighted by Crippen LogP contribution is 2.68. The summed E-state index contributed by atoms with van der Waals surface area (Å²) in [4.78, 5) is 0. The summed E-state index contributed by atoms with van der Waals surface area (Å²) >= 11 is 0. The Labute approximate surface area is 325 Å². The molecule has 7 heteroatoms. The summed E-state index contributed by atoms with van der Waals surface area (Å²) < 4.78 is 10.7. The average molecular weight is 739 g/mol. The number of methoxy groups -OCH3 is 2. The van der Waals surface area contributed by atoms with Crippen molar-refractivity contribution in [2.75, 3.05) is 53.5 Å². The van der Waals surface area contributed by atoms with E-state index in [1.807, 2.05) is 12.1 Å². The number of fused-ring (bicyclic) bond motifs is 5. The Morgan fingerprint density at radius 2 is 1.38 bits per heavy atom. The smallest absolute Gasteiger partial charge is 0.161 e. The molecule has 0 spiro atoms. The minimum absolute atomic E-state index is 0.0888. The maximum absolute atomic E-state index is 11.9. The van der Waals surface area contributed by atoms with Crippen molar-refractivity contribution in [2.24, 2.45) is 52.3 Å². The van der Waals surface area contributed by atoms with Crippen molar-refractivity contribution in [2.45, 2.75) is 150 Å². The van der Waals surface area contributed by atoms with E-state index in [1.54, 1.807) is 14.2 Å². The fourth-order valence-corrected chi connectivity index (χ4v) is 12.3. The Bertz CT molecular complexity index is 1210. The van der Waals surface area contributed by atoms with E-state index in [4.69, 9.17) is 9.47 Å². The van der Waals surface area contributed by atoms with Crippen molar-refractivity contribution >= 4 is 0 Å². The maximum atomic E-state index is 11.9. The molecular weight excluding hydrogens is 657 g/mol. The molecule has 4 aliphatic rings. The largest absolute Gasteiger partial charge is 0.493 e. The summed E-state index contributed by atoms with van der Waals surface area (Å²) in [6.45, 7) is 19.9. The van der Waals surface area contributed by atoms with Gasteiger partial charge in [0.15, 0.2) is 11.5 Å². The van der Waals surface area contributed by atoms with Crippen LogP contribution in [0.2, 0.25) is 0 Å². The lowest BCUT2D eigenvalue weighted by molar-refractivity contribution is -0.167. The van der Waals surface area contributed by atoms with Crippen LogP contribution < -0.4 is 30.7 Å². The van der Waals surface area contributed by atoms with Gasteiger partial charge in [-0.05, 0) is 186 Å². The Balaban J connectivity index is 0.897. The van der Waals surface area contributed by atoms with Gasteiger partial charge in [0.25, 0.3) is 0 Å². The number of hydrogen-bond acceptors (Lipinski definition) is 7. The molecule has 4 aliphatic carbocycles. The zero-order valence-electron chi connectivity index (χ0n) is 35.2. The van der Waals surface area contributed by atoms with E-state index in [0.717, 1.165) is 99.7 Å². The molecule has 0 saturated heterocycles.